The van der Waals surface area contributed by atoms with Crippen LogP contribution in [-0.2, 0) is 0 Å². The largest absolute Gasteiger partial charge is 0.508 e. The molecule has 0 aliphatic heterocycles. The summed E-state index contributed by atoms with van der Waals surface area (Å²) >= 11 is 0. The van der Waals surface area contributed by atoms with E-state index in [4.69, 9.17) is 0 Å². The maximum absolute atomic E-state index is 12.1. The van der Waals surface area contributed by atoms with Crippen LogP contribution < -0.4 is 5.32 Å². The van der Waals surface area contributed by atoms with Crippen LogP contribution in [0.4, 0.5) is 0 Å². The molecule has 102 valence electrons. The van der Waals surface area contributed by atoms with Crippen LogP contribution in [0.2, 0.25) is 0 Å². The lowest BCUT2D eigenvalue weighted by atomic mass is 10.0. The molecule has 1 amide bonds. The summed E-state index contributed by atoms with van der Waals surface area (Å²) in [6, 6.07) is 13.3. The number of phenolic OH excluding ortho intramolecular Hbond substituents is 1. The van der Waals surface area contributed by atoms with Crippen molar-refractivity contribution in [3.05, 3.63) is 53.6 Å². The minimum absolute atomic E-state index is 0.0220. The molecule has 2 aromatic rings. The number of carbonyl (C=O) groups is 1. The number of amides is 1. The Morgan fingerprint density at radius 2 is 1.95 bits per heavy atom. The molecule has 3 heteroatoms. The third kappa shape index (κ3) is 2.82. The predicted octanol–water partition coefficient (Wildman–Crippen LogP) is 3.26. The van der Waals surface area contributed by atoms with Gasteiger partial charge in [0.15, 0.2) is 0 Å². The number of hydrogen-bond donors (Lipinski definition) is 2. The molecule has 20 heavy (non-hydrogen) atoms. The van der Waals surface area contributed by atoms with Gasteiger partial charge in [-0.15, -0.1) is 0 Å². The van der Waals surface area contributed by atoms with E-state index >= 15 is 0 Å². The van der Waals surface area contributed by atoms with E-state index in [1.54, 1.807) is 12.1 Å². The fourth-order valence-electron chi connectivity index (χ4n) is 2.27. The standard InChI is InChI=1S/C17H17NO2/c1-11-7-14(10-16(19)8-11)12-3-2-4-13(9-12)17(20)18-15-5-6-15/h2-4,7-10,15,19H,5-6H2,1H3,(H,18,20). The summed E-state index contributed by atoms with van der Waals surface area (Å²) in [4.78, 5) is 12.1. The third-order valence-electron chi connectivity index (χ3n) is 3.43. The molecule has 0 atom stereocenters. The number of nitrogens with one attached hydrogen (secondary N) is 1. The molecule has 0 aromatic heterocycles. The highest BCUT2D eigenvalue weighted by Gasteiger charge is 2.23. The number of aromatic hydroxyl groups is 1. The van der Waals surface area contributed by atoms with E-state index in [0.717, 1.165) is 29.5 Å². The van der Waals surface area contributed by atoms with Crippen molar-refractivity contribution in [2.75, 3.05) is 0 Å². The zero-order valence-corrected chi connectivity index (χ0v) is 11.4. The molecule has 1 fully saturated rings. The van der Waals surface area contributed by atoms with E-state index < -0.39 is 0 Å². The third-order valence-corrected chi connectivity index (χ3v) is 3.43. The summed E-state index contributed by atoms with van der Waals surface area (Å²) in [6.45, 7) is 1.94. The average molecular weight is 267 g/mol. The van der Waals surface area contributed by atoms with Crippen LogP contribution in [0.15, 0.2) is 42.5 Å². The van der Waals surface area contributed by atoms with Crippen LogP contribution >= 0.6 is 0 Å². The van der Waals surface area contributed by atoms with Gasteiger partial charge in [-0.25, -0.2) is 0 Å². The average Bonchev–Trinajstić information content (AvgIpc) is 3.22. The van der Waals surface area contributed by atoms with Crippen LogP contribution in [-0.4, -0.2) is 17.1 Å². The van der Waals surface area contributed by atoms with Crippen molar-refractivity contribution >= 4 is 5.91 Å². The molecule has 2 aromatic carbocycles. The van der Waals surface area contributed by atoms with Gasteiger partial charge in [0.05, 0.1) is 0 Å². The Morgan fingerprint density at radius 1 is 1.15 bits per heavy atom. The summed E-state index contributed by atoms with van der Waals surface area (Å²) in [5, 5.41) is 12.7. The molecular formula is C17H17NO2. The van der Waals surface area contributed by atoms with Gasteiger partial charge in [-0.05, 0) is 60.7 Å². The van der Waals surface area contributed by atoms with Crippen molar-refractivity contribution in [2.24, 2.45) is 0 Å². The highest BCUT2D eigenvalue weighted by molar-refractivity contribution is 5.95. The zero-order chi connectivity index (χ0) is 14.1. The number of rotatable bonds is 3. The van der Waals surface area contributed by atoms with Gasteiger partial charge >= 0.3 is 0 Å². The van der Waals surface area contributed by atoms with Crippen molar-refractivity contribution < 1.29 is 9.90 Å². The molecule has 0 bridgehead atoms. The smallest absolute Gasteiger partial charge is 0.251 e. The minimum atomic E-state index is -0.0220. The van der Waals surface area contributed by atoms with Gasteiger partial charge in [-0.1, -0.05) is 18.2 Å². The first-order valence-electron chi connectivity index (χ1n) is 6.84. The maximum Gasteiger partial charge on any atom is 0.251 e. The van der Waals surface area contributed by atoms with E-state index in [1.165, 1.54) is 0 Å². The lowest BCUT2D eigenvalue weighted by Gasteiger charge is -2.08. The Labute approximate surface area is 118 Å². The summed E-state index contributed by atoms with van der Waals surface area (Å²) in [5.41, 5.74) is 3.51. The molecule has 2 N–H and O–H groups in total. The van der Waals surface area contributed by atoms with Crippen molar-refractivity contribution in [1.29, 1.82) is 0 Å². The molecule has 0 heterocycles. The van der Waals surface area contributed by atoms with Gasteiger partial charge < -0.3 is 10.4 Å². The normalized spacial score (nSPS) is 14.1. The SMILES string of the molecule is Cc1cc(O)cc(-c2cccc(C(=O)NC3CC3)c2)c1. The van der Waals surface area contributed by atoms with Crippen LogP contribution in [0.25, 0.3) is 11.1 Å². The van der Waals surface area contributed by atoms with Crippen LogP contribution in [0.3, 0.4) is 0 Å². The van der Waals surface area contributed by atoms with E-state index in [9.17, 15) is 9.90 Å². The monoisotopic (exact) mass is 267 g/mol. The zero-order valence-electron chi connectivity index (χ0n) is 11.4. The van der Waals surface area contributed by atoms with Gasteiger partial charge in [-0.2, -0.15) is 0 Å². The number of benzene rings is 2. The summed E-state index contributed by atoms with van der Waals surface area (Å²) in [5.74, 6) is 0.221. The summed E-state index contributed by atoms with van der Waals surface area (Å²) in [7, 11) is 0. The molecule has 3 nitrogen and oxygen atoms in total. The molecule has 1 saturated carbocycles. The Hall–Kier alpha value is -2.29. The highest BCUT2D eigenvalue weighted by Crippen LogP contribution is 2.26. The van der Waals surface area contributed by atoms with Gasteiger partial charge in [0, 0.05) is 11.6 Å². The van der Waals surface area contributed by atoms with E-state index in [-0.39, 0.29) is 11.7 Å². The second-order valence-electron chi connectivity index (χ2n) is 5.39. The maximum atomic E-state index is 12.1. The van der Waals surface area contributed by atoms with Gasteiger partial charge in [0.25, 0.3) is 5.91 Å². The molecule has 0 saturated heterocycles. The number of hydrogen-bond acceptors (Lipinski definition) is 2. The Balaban J connectivity index is 1.91. The molecule has 0 radical (unpaired) electrons. The molecule has 1 aliphatic rings. The van der Waals surface area contributed by atoms with Gasteiger partial charge in [0.2, 0.25) is 0 Å². The summed E-state index contributed by atoms with van der Waals surface area (Å²) < 4.78 is 0. The second kappa shape index (κ2) is 5.00. The lowest BCUT2D eigenvalue weighted by molar-refractivity contribution is 0.0951. The van der Waals surface area contributed by atoms with E-state index in [0.29, 0.717) is 11.6 Å². The first-order valence-corrected chi connectivity index (χ1v) is 6.84. The number of carbonyl (C=O) groups excluding carboxylic acids is 1. The van der Waals surface area contributed by atoms with Crippen molar-refractivity contribution in [2.45, 2.75) is 25.8 Å². The second-order valence-corrected chi connectivity index (χ2v) is 5.39. The fraction of sp³-hybridized carbons (Fsp3) is 0.235. The quantitative estimate of drug-likeness (QED) is 0.896. The minimum Gasteiger partial charge on any atom is -0.508 e. The molecule has 3 rings (SSSR count). The predicted molar refractivity (Wildman–Crippen MR) is 78.8 cm³/mol. The van der Waals surface area contributed by atoms with Crippen LogP contribution in [0.1, 0.15) is 28.8 Å². The van der Waals surface area contributed by atoms with Crippen LogP contribution in [0, 0.1) is 6.92 Å². The van der Waals surface area contributed by atoms with E-state index in [1.807, 2.05) is 37.3 Å². The Kier molecular flexibility index (Phi) is 3.18. The lowest BCUT2D eigenvalue weighted by Crippen LogP contribution is -2.25. The van der Waals surface area contributed by atoms with Crippen molar-refractivity contribution in [1.82, 2.24) is 5.32 Å². The first kappa shape index (κ1) is 12.7. The molecule has 0 unspecified atom stereocenters. The topological polar surface area (TPSA) is 49.3 Å². The number of aryl methyl sites for hydroxylation is 1. The molecule has 0 spiro atoms. The van der Waals surface area contributed by atoms with Crippen molar-refractivity contribution in [3.63, 3.8) is 0 Å². The van der Waals surface area contributed by atoms with Gasteiger partial charge in [0.1, 0.15) is 5.75 Å². The Morgan fingerprint density at radius 3 is 2.65 bits per heavy atom. The van der Waals surface area contributed by atoms with E-state index in [2.05, 4.69) is 5.32 Å². The summed E-state index contributed by atoms with van der Waals surface area (Å²) in [6.07, 6.45) is 2.16. The highest BCUT2D eigenvalue weighted by atomic mass is 16.3. The molecular weight excluding hydrogens is 250 g/mol. The Bertz CT molecular complexity index is 640. The first-order chi connectivity index (χ1) is 9.61. The van der Waals surface area contributed by atoms with Crippen LogP contribution in [0.5, 0.6) is 5.75 Å². The molecule has 1 aliphatic carbocycles. The number of phenols is 1. The van der Waals surface area contributed by atoms with Crippen molar-refractivity contribution in [3.8, 4) is 16.9 Å². The van der Waals surface area contributed by atoms with Gasteiger partial charge in [-0.3, -0.25) is 4.79 Å². The fourth-order valence-corrected chi connectivity index (χ4v) is 2.27.